The third-order valence-electron chi connectivity index (χ3n) is 5.78. The molecule has 27 heavy (non-hydrogen) atoms. The molecule has 1 N–H and O–H groups in total. The van der Waals surface area contributed by atoms with E-state index in [2.05, 4.69) is 43.1 Å². The molecule has 1 aliphatic rings. The lowest BCUT2D eigenvalue weighted by molar-refractivity contribution is -0.122. The molecule has 2 aromatic rings. The monoisotopic (exact) mass is 368 g/mol. The van der Waals surface area contributed by atoms with E-state index in [0.717, 1.165) is 24.8 Å². The van der Waals surface area contributed by atoms with Gasteiger partial charge in [-0.05, 0) is 55.0 Å². The van der Waals surface area contributed by atoms with Crippen molar-refractivity contribution in [3.63, 3.8) is 0 Å². The van der Waals surface area contributed by atoms with Crippen LogP contribution >= 0.6 is 0 Å². The second-order valence-electron chi connectivity index (χ2n) is 8.48. The Morgan fingerprint density at radius 1 is 1.19 bits per heavy atom. The van der Waals surface area contributed by atoms with Crippen molar-refractivity contribution in [2.45, 2.75) is 51.5 Å². The first-order valence-electron chi connectivity index (χ1n) is 10.1. The number of furan rings is 1. The number of rotatable bonds is 7. The van der Waals surface area contributed by atoms with Crippen LogP contribution in [0.4, 0.5) is 0 Å². The Morgan fingerprint density at radius 3 is 2.52 bits per heavy atom. The van der Waals surface area contributed by atoms with E-state index in [1.807, 2.05) is 30.3 Å². The number of piperidine rings is 1. The van der Waals surface area contributed by atoms with E-state index in [1.165, 1.54) is 18.4 Å². The van der Waals surface area contributed by atoms with Gasteiger partial charge in [-0.1, -0.05) is 51.1 Å². The molecule has 0 spiro atoms. The van der Waals surface area contributed by atoms with Crippen LogP contribution in [0.15, 0.2) is 53.1 Å². The number of likely N-dealkylation sites (tertiary alicyclic amines) is 1. The van der Waals surface area contributed by atoms with Crippen molar-refractivity contribution in [3.05, 3.63) is 60.1 Å². The first-order chi connectivity index (χ1) is 13.0. The molecule has 1 fully saturated rings. The number of carbonyl (C=O) groups excluding carboxylic acids is 1. The molecular formula is C23H32N2O2. The molecule has 1 amide bonds. The summed E-state index contributed by atoms with van der Waals surface area (Å²) in [6.45, 7) is 9.25. The number of benzene rings is 1. The number of hydrogen-bond acceptors (Lipinski definition) is 3. The highest BCUT2D eigenvalue weighted by molar-refractivity contribution is 5.77. The van der Waals surface area contributed by atoms with Gasteiger partial charge in [0, 0.05) is 13.0 Å². The van der Waals surface area contributed by atoms with Crippen molar-refractivity contribution >= 4 is 5.91 Å². The van der Waals surface area contributed by atoms with Crippen LogP contribution < -0.4 is 5.32 Å². The Hall–Kier alpha value is -2.07. The number of carbonyl (C=O) groups is 1. The Kier molecular flexibility index (Phi) is 6.38. The zero-order valence-corrected chi connectivity index (χ0v) is 16.8. The van der Waals surface area contributed by atoms with Crippen molar-refractivity contribution in [1.82, 2.24) is 10.2 Å². The van der Waals surface area contributed by atoms with E-state index >= 15 is 0 Å². The van der Waals surface area contributed by atoms with Crippen LogP contribution in [-0.2, 0) is 10.2 Å². The Bertz CT molecular complexity index is 701. The van der Waals surface area contributed by atoms with Gasteiger partial charge in [-0.2, -0.15) is 0 Å². The summed E-state index contributed by atoms with van der Waals surface area (Å²) in [6, 6.07) is 14.3. The summed E-state index contributed by atoms with van der Waals surface area (Å²) < 4.78 is 5.69. The third kappa shape index (κ3) is 5.23. The molecule has 0 aliphatic carbocycles. The lowest BCUT2D eigenvalue weighted by Crippen LogP contribution is -2.42. The molecule has 0 saturated carbocycles. The fraction of sp³-hybridized carbons (Fsp3) is 0.522. The van der Waals surface area contributed by atoms with E-state index in [0.29, 0.717) is 13.0 Å². The minimum Gasteiger partial charge on any atom is -0.468 e. The average molecular weight is 369 g/mol. The summed E-state index contributed by atoms with van der Waals surface area (Å²) in [4.78, 5) is 15.1. The molecule has 1 aromatic heterocycles. The topological polar surface area (TPSA) is 45.5 Å². The first-order valence-corrected chi connectivity index (χ1v) is 10.1. The van der Waals surface area contributed by atoms with Crippen molar-refractivity contribution in [2.75, 3.05) is 19.6 Å². The van der Waals surface area contributed by atoms with Gasteiger partial charge in [0.2, 0.25) is 5.91 Å². The van der Waals surface area contributed by atoms with Crippen molar-refractivity contribution < 1.29 is 9.21 Å². The van der Waals surface area contributed by atoms with Gasteiger partial charge in [0.15, 0.2) is 0 Å². The van der Waals surface area contributed by atoms with Gasteiger partial charge < -0.3 is 9.73 Å². The van der Waals surface area contributed by atoms with Gasteiger partial charge in [-0.25, -0.2) is 0 Å². The maximum absolute atomic E-state index is 12.7. The lowest BCUT2D eigenvalue weighted by atomic mass is 9.81. The van der Waals surface area contributed by atoms with E-state index < -0.39 is 0 Å². The Balaban J connectivity index is 1.60. The van der Waals surface area contributed by atoms with Crippen molar-refractivity contribution in [2.24, 2.45) is 5.92 Å². The number of nitrogens with one attached hydrogen (secondary N) is 1. The SMILES string of the molecule is CC1CCN(C(CNC(=O)CC(C)(C)c2ccccc2)c2ccco2)CC1. The molecule has 0 radical (unpaired) electrons. The highest BCUT2D eigenvalue weighted by Crippen LogP contribution is 2.28. The summed E-state index contributed by atoms with van der Waals surface area (Å²) in [5.41, 5.74) is 0.999. The van der Waals surface area contributed by atoms with Crippen LogP contribution in [0, 0.1) is 5.92 Å². The highest BCUT2D eigenvalue weighted by Gasteiger charge is 2.28. The van der Waals surface area contributed by atoms with Crippen LogP contribution in [0.3, 0.4) is 0 Å². The Labute approximate surface area is 162 Å². The van der Waals surface area contributed by atoms with Gasteiger partial charge in [-0.15, -0.1) is 0 Å². The molecule has 1 aliphatic heterocycles. The zero-order chi connectivity index (χ0) is 19.3. The quantitative estimate of drug-likeness (QED) is 0.780. The smallest absolute Gasteiger partial charge is 0.220 e. The Morgan fingerprint density at radius 2 is 1.89 bits per heavy atom. The minimum absolute atomic E-state index is 0.0887. The van der Waals surface area contributed by atoms with Gasteiger partial charge >= 0.3 is 0 Å². The normalized spacial score (nSPS) is 17.6. The minimum atomic E-state index is -0.188. The van der Waals surface area contributed by atoms with Gasteiger partial charge in [0.05, 0.1) is 12.3 Å². The van der Waals surface area contributed by atoms with Crippen molar-refractivity contribution in [1.29, 1.82) is 0 Å². The molecular weight excluding hydrogens is 336 g/mol. The predicted molar refractivity (Wildman–Crippen MR) is 109 cm³/mol. The van der Waals surface area contributed by atoms with Gasteiger partial charge in [0.1, 0.15) is 5.76 Å². The van der Waals surface area contributed by atoms with Crippen molar-refractivity contribution in [3.8, 4) is 0 Å². The molecule has 3 rings (SSSR count). The van der Waals surface area contributed by atoms with Crippen LogP contribution in [-0.4, -0.2) is 30.4 Å². The number of hydrogen-bond donors (Lipinski definition) is 1. The average Bonchev–Trinajstić information content (AvgIpc) is 3.18. The molecule has 1 atom stereocenters. The molecule has 2 heterocycles. The number of amides is 1. The molecule has 1 aromatic carbocycles. The molecule has 0 bridgehead atoms. The fourth-order valence-electron chi connectivity index (χ4n) is 3.90. The fourth-order valence-corrected chi connectivity index (χ4v) is 3.90. The molecule has 4 heteroatoms. The third-order valence-corrected chi connectivity index (χ3v) is 5.78. The summed E-state index contributed by atoms with van der Waals surface area (Å²) >= 11 is 0. The summed E-state index contributed by atoms with van der Waals surface area (Å²) in [6.07, 6.45) is 4.59. The molecule has 1 unspecified atom stereocenters. The largest absolute Gasteiger partial charge is 0.468 e. The van der Waals surface area contributed by atoms with E-state index in [1.54, 1.807) is 6.26 Å². The van der Waals surface area contributed by atoms with Crippen LogP contribution in [0.5, 0.6) is 0 Å². The summed E-state index contributed by atoms with van der Waals surface area (Å²) in [7, 11) is 0. The van der Waals surface area contributed by atoms with Crippen LogP contribution in [0.25, 0.3) is 0 Å². The maximum Gasteiger partial charge on any atom is 0.220 e. The standard InChI is InChI=1S/C23H32N2O2/c1-18-11-13-25(14-12-18)20(21-10-7-15-27-21)17-24-22(26)16-23(2,3)19-8-5-4-6-9-19/h4-10,15,18,20H,11-14,16-17H2,1-3H3,(H,24,26). The van der Waals surface area contributed by atoms with E-state index in [-0.39, 0.29) is 17.4 Å². The highest BCUT2D eigenvalue weighted by atomic mass is 16.3. The second-order valence-corrected chi connectivity index (χ2v) is 8.48. The van der Waals surface area contributed by atoms with Crippen LogP contribution in [0.1, 0.15) is 57.4 Å². The van der Waals surface area contributed by atoms with E-state index in [4.69, 9.17) is 4.42 Å². The first kappa shape index (κ1) is 19.7. The maximum atomic E-state index is 12.7. The summed E-state index contributed by atoms with van der Waals surface area (Å²) in [5, 5.41) is 3.16. The number of nitrogens with zero attached hydrogens (tertiary/aromatic N) is 1. The molecule has 1 saturated heterocycles. The summed E-state index contributed by atoms with van der Waals surface area (Å²) in [5.74, 6) is 1.80. The zero-order valence-electron chi connectivity index (χ0n) is 16.8. The van der Waals surface area contributed by atoms with Crippen LogP contribution in [0.2, 0.25) is 0 Å². The lowest BCUT2D eigenvalue weighted by Gasteiger charge is -2.36. The molecule has 4 nitrogen and oxygen atoms in total. The molecule has 146 valence electrons. The van der Waals surface area contributed by atoms with Gasteiger partial charge in [0.25, 0.3) is 0 Å². The van der Waals surface area contributed by atoms with Gasteiger partial charge in [-0.3, -0.25) is 9.69 Å². The van der Waals surface area contributed by atoms with E-state index in [9.17, 15) is 4.79 Å². The second kappa shape index (κ2) is 8.75. The predicted octanol–water partition coefficient (Wildman–Crippen LogP) is 4.54.